The van der Waals surface area contributed by atoms with E-state index in [1.165, 1.54) is 0 Å². The van der Waals surface area contributed by atoms with Gasteiger partial charge in [0.15, 0.2) is 12.4 Å². The van der Waals surface area contributed by atoms with E-state index in [2.05, 4.69) is 0 Å². The molecule has 108 valence electrons. The summed E-state index contributed by atoms with van der Waals surface area (Å²) >= 11 is 0. The summed E-state index contributed by atoms with van der Waals surface area (Å²) in [7, 11) is 0. The Kier molecular flexibility index (Phi) is 5.10. The third-order valence-corrected chi connectivity index (χ3v) is 2.83. The van der Waals surface area contributed by atoms with Gasteiger partial charge in [0.25, 0.3) is 0 Å². The Labute approximate surface area is 123 Å². The lowest BCUT2D eigenvalue weighted by molar-refractivity contribution is 0.0474. The molecule has 0 atom stereocenters. The summed E-state index contributed by atoms with van der Waals surface area (Å²) in [6, 6.07) is 15.3. The summed E-state index contributed by atoms with van der Waals surface area (Å²) in [5.41, 5.74) is 0.913. The van der Waals surface area contributed by atoms with Gasteiger partial charge >= 0.3 is 5.97 Å². The highest BCUT2D eigenvalue weighted by molar-refractivity contribution is 5.99. The van der Waals surface area contributed by atoms with Crippen molar-refractivity contribution in [3.8, 4) is 5.75 Å². The van der Waals surface area contributed by atoms with Crippen molar-refractivity contribution in [2.45, 2.75) is 6.92 Å². The van der Waals surface area contributed by atoms with Crippen LogP contribution in [0, 0.1) is 0 Å². The van der Waals surface area contributed by atoms with Crippen molar-refractivity contribution in [2.75, 3.05) is 13.2 Å². The minimum absolute atomic E-state index is 0.227. The van der Waals surface area contributed by atoms with Crippen LogP contribution in [-0.4, -0.2) is 25.0 Å². The van der Waals surface area contributed by atoms with E-state index in [4.69, 9.17) is 9.47 Å². The van der Waals surface area contributed by atoms with Crippen molar-refractivity contribution in [3.63, 3.8) is 0 Å². The number of rotatable bonds is 6. The molecule has 2 aromatic carbocycles. The van der Waals surface area contributed by atoms with Crippen molar-refractivity contribution in [1.29, 1.82) is 0 Å². The van der Waals surface area contributed by atoms with Gasteiger partial charge in [0.05, 0.1) is 12.2 Å². The van der Waals surface area contributed by atoms with Crippen LogP contribution < -0.4 is 4.74 Å². The topological polar surface area (TPSA) is 52.6 Å². The molecule has 0 aliphatic carbocycles. The molecular formula is C17H16O4. The Morgan fingerprint density at radius 2 is 1.57 bits per heavy atom. The van der Waals surface area contributed by atoms with E-state index in [1.807, 2.05) is 13.0 Å². The highest BCUT2D eigenvalue weighted by atomic mass is 16.5. The molecule has 0 fully saturated rings. The van der Waals surface area contributed by atoms with Crippen LogP contribution in [0.4, 0.5) is 0 Å². The molecule has 4 heteroatoms. The number of Topliss-reactive ketones (excluding diaryl/α,β-unsaturated/α-hetero) is 1. The summed E-state index contributed by atoms with van der Waals surface area (Å²) in [6.07, 6.45) is 0. The first kappa shape index (κ1) is 14.8. The highest BCUT2D eigenvalue weighted by Gasteiger charge is 2.11. The lowest BCUT2D eigenvalue weighted by atomic mass is 10.1. The van der Waals surface area contributed by atoms with Crippen molar-refractivity contribution in [3.05, 3.63) is 65.7 Å². The van der Waals surface area contributed by atoms with Gasteiger partial charge in [-0.1, -0.05) is 30.3 Å². The number of hydrogen-bond donors (Lipinski definition) is 0. The van der Waals surface area contributed by atoms with Crippen LogP contribution in [0.15, 0.2) is 54.6 Å². The van der Waals surface area contributed by atoms with Crippen molar-refractivity contribution < 1.29 is 19.1 Å². The average molecular weight is 284 g/mol. The third-order valence-electron chi connectivity index (χ3n) is 2.83. The van der Waals surface area contributed by atoms with Crippen LogP contribution in [0.2, 0.25) is 0 Å². The highest BCUT2D eigenvalue weighted by Crippen LogP contribution is 2.13. The molecule has 0 aromatic heterocycles. The first-order valence-electron chi connectivity index (χ1n) is 6.69. The number of carbonyl (C=O) groups is 2. The Balaban J connectivity index is 1.91. The molecule has 4 nitrogen and oxygen atoms in total. The molecule has 21 heavy (non-hydrogen) atoms. The first-order chi connectivity index (χ1) is 10.2. The standard InChI is InChI=1S/C17H16O4/c1-2-20-15-10-8-14(9-11-15)17(19)21-12-16(18)13-6-4-3-5-7-13/h3-11H,2,12H2,1H3. The first-order valence-corrected chi connectivity index (χ1v) is 6.69. The van der Waals surface area contributed by atoms with E-state index < -0.39 is 5.97 Å². The lowest BCUT2D eigenvalue weighted by Gasteiger charge is -2.06. The summed E-state index contributed by atoms with van der Waals surface area (Å²) in [4.78, 5) is 23.7. The third kappa shape index (κ3) is 4.18. The Hall–Kier alpha value is -2.62. The van der Waals surface area contributed by atoms with Gasteiger partial charge in [-0.15, -0.1) is 0 Å². The normalized spacial score (nSPS) is 9.95. The van der Waals surface area contributed by atoms with Crippen LogP contribution in [0.25, 0.3) is 0 Å². The predicted octanol–water partition coefficient (Wildman–Crippen LogP) is 3.13. The number of ether oxygens (including phenoxy) is 2. The van der Waals surface area contributed by atoms with E-state index in [9.17, 15) is 9.59 Å². The minimum Gasteiger partial charge on any atom is -0.494 e. The minimum atomic E-state index is -0.526. The van der Waals surface area contributed by atoms with Gasteiger partial charge in [0.2, 0.25) is 0 Å². The van der Waals surface area contributed by atoms with Gasteiger partial charge < -0.3 is 9.47 Å². The molecule has 0 saturated carbocycles. The molecule has 2 rings (SSSR count). The second kappa shape index (κ2) is 7.24. The van der Waals surface area contributed by atoms with Gasteiger partial charge in [-0.25, -0.2) is 4.79 Å². The van der Waals surface area contributed by atoms with Gasteiger partial charge in [0, 0.05) is 5.56 Å². The predicted molar refractivity (Wildman–Crippen MR) is 78.7 cm³/mol. The number of hydrogen-bond acceptors (Lipinski definition) is 4. The summed E-state index contributed by atoms with van der Waals surface area (Å²) < 4.78 is 10.3. The van der Waals surface area contributed by atoms with Crippen LogP contribution in [-0.2, 0) is 4.74 Å². The van der Waals surface area contributed by atoms with E-state index in [1.54, 1.807) is 48.5 Å². The van der Waals surface area contributed by atoms with Gasteiger partial charge in [-0.2, -0.15) is 0 Å². The molecule has 0 radical (unpaired) electrons. The van der Waals surface area contributed by atoms with Crippen molar-refractivity contribution in [2.24, 2.45) is 0 Å². The van der Waals surface area contributed by atoms with Crippen LogP contribution in [0.3, 0.4) is 0 Å². The maximum Gasteiger partial charge on any atom is 0.338 e. The largest absolute Gasteiger partial charge is 0.494 e. The molecule has 0 aliphatic heterocycles. The fourth-order valence-electron chi connectivity index (χ4n) is 1.78. The van der Waals surface area contributed by atoms with E-state index >= 15 is 0 Å². The van der Waals surface area contributed by atoms with Gasteiger partial charge in [0.1, 0.15) is 5.75 Å². The smallest absolute Gasteiger partial charge is 0.338 e. The zero-order chi connectivity index (χ0) is 15.1. The summed E-state index contributed by atoms with van der Waals surface area (Å²) in [6.45, 7) is 2.18. The molecule has 0 heterocycles. The quantitative estimate of drug-likeness (QED) is 0.604. The fourth-order valence-corrected chi connectivity index (χ4v) is 1.78. The summed E-state index contributed by atoms with van der Waals surface area (Å²) in [5.74, 6) is -0.0633. The number of carbonyl (C=O) groups excluding carboxylic acids is 2. The second-order valence-corrected chi connectivity index (χ2v) is 4.32. The van der Waals surface area contributed by atoms with E-state index in [0.29, 0.717) is 23.5 Å². The Bertz CT molecular complexity index is 602. The van der Waals surface area contributed by atoms with Crippen LogP contribution in [0.1, 0.15) is 27.6 Å². The van der Waals surface area contributed by atoms with E-state index in [0.717, 1.165) is 0 Å². The van der Waals surface area contributed by atoms with Gasteiger partial charge in [-0.3, -0.25) is 4.79 Å². The van der Waals surface area contributed by atoms with Gasteiger partial charge in [-0.05, 0) is 31.2 Å². The van der Waals surface area contributed by atoms with Crippen molar-refractivity contribution in [1.82, 2.24) is 0 Å². The molecule has 0 unspecified atom stereocenters. The molecule has 0 bridgehead atoms. The zero-order valence-corrected chi connectivity index (χ0v) is 11.7. The molecule has 0 N–H and O–H groups in total. The molecule has 0 saturated heterocycles. The second-order valence-electron chi connectivity index (χ2n) is 4.32. The fraction of sp³-hybridized carbons (Fsp3) is 0.176. The van der Waals surface area contributed by atoms with Crippen molar-refractivity contribution >= 4 is 11.8 Å². The van der Waals surface area contributed by atoms with Crippen LogP contribution >= 0.6 is 0 Å². The Morgan fingerprint density at radius 1 is 0.905 bits per heavy atom. The van der Waals surface area contributed by atoms with E-state index in [-0.39, 0.29) is 12.4 Å². The number of esters is 1. The SMILES string of the molecule is CCOc1ccc(C(=O)OCC(=O)c2ccccc2)cc1. The lowest BCUT2D eigenvalue weighted by Crippen LogP contribution is -2.14. The summed E-state index contributed by atoms with van der Waals surface area (Å²) in [5, 5.41) is 0. The molecule has 0 aliphatic rings. The molecule has 0 spiro atoms. The zero-order valence-electron chi connectivity index (χ0n) is 11.7. The average Bonchev–Trinajstić information content (AvgIpc) is 2.54. The molecule has 2 aromatic rings. The van der Waals surface area contributed by atoms with Crippen LogP contribution in [0.5, 0.6) is 5.75 Å². The molecule has 0 amide bonds. The Morgan fingerprint density at radius 3 is 2.19 bits per heavy atom. The monoisotopic (exact) mass is 284 g/mol. The maximum atomic E-state index is 11.8. The molecular weight excluding hydrogens is 268 g/mol. The number of benzene rings is 2. The maximum absolute atomic E-state index is 11.8. The number of ketones is 1.